The lowest BCUT2D eigenvalue weighted by molar-refractivity contribution is 0.322. The van der Waals surface area contributed by atoms with E-state index in [1.54, 1.807) is 19.2 Å². The van der Waals surface area contributed by atoms with Gasteiger partial charge in [-0.25, -0.2) is 12.8 Å². The molecule has 0 saturated carbocycles. The van der Waals surface area contributed by atoms with Gasteiger partial charge in [0.1, 0.15) is 11.6 Å². The van der Waals surface area contributed by atoms with Crippen molar-refractivity contribution in [3.63, 3.8) is 0 Å². The molecule has 0 radical (unpaired) electrons. The molecule has 0 spiro atoms. The topological polar surface area (TPSA) is 46.6 Å². The first-order valence-electron chi connectivity index (χ1n) is 9.06. The fourth-order valence-corrected chi connectivity index (χ4v) is 4.32. The van der Waals surface area contributed by atoms with Gasteiger partial charge in [-0.05, 0) is 60.7 Å². The molecule has 2 aromatic carbocycles. The molecule has 1 heterocycles. The minimum Gasteiger partial charge on any atom is -0.497 e. The van der Waals surface area contributed by atoms with Crippen molar-refractivity contribution in [2.75, 3.05) is 20.2 Å². The Bertz CT molecular complexity index is 979. The van der Waals surface area contributed by atoms with E-state index >= 15 is 0 Å². The maximum Gasteiger partial charge on any atom is 0.236 e. The van der Waals surface area contributed by atoms with E-state index in [1.807, 2.05) is 24.3 Å². The maximum absolute atomic E-state index is 12.9. The number of allylic oxidation sites excluding steroid dienone is 1. The first-order valence-corrected chi connectivity index (χ1v) is 10.6. The molecule has 4 nitrogen and oxygen atoms in total. The van der Waals surface area contributed by atoms with Crippen LogP contribution in [0.4, 0.5) is 4.39 Å². The van der Waals surface area contributed by atoms with Crippen LogP contribution in [-0.4, -0.2) is 32.9 Å². The van der Waals surface area contributed by atoms with Crippen LogP contribution in [0.1, 0.15) is 29.9 Å². The molecule has 0 bridgehead atoms. The van der Waals surface area contributed by atoms with Gasteiger partial charge in [0.05, 0.1) is 12.5 Å². The number of halogens is 1. The predicted octanol–water partition coefficient (Wildman–Crippen LogP) is 3.91. The minimum atomic E-state index is -3.49. The molecule has 0 atom stereocenters. The van der Waals surface area contributed by atoms with Gasteiger partial charge in [-0.3, -0.25) is 0 Å². The summed E-state index contributed by atoms with van der Waals surface area (Å²) in [6, 6.07) is 13.7. The monoisotopic (exact) mass is 399 g/mol. The Kier molecular flexibility index (Phi) is 6.50. The summed E-state index contributed by atoms with van der Waals surface area (Å²) in [6.45, 7) is 0.962. The lowest BCUT2D eigenvalue weighted by Crippen LogP contribution is -2.36. The molecule has 1 fully saturated rings. The summed E-state index contributed by atoms with van der Waals surface area (Å²) in [6.07, 6.45) is 2.88. The second kappa shape index (κ2) is 9.05. The van der Waals surface area contributed by atoms with Gasteiger partial charge in [0.15, 0.2) is 0 Å². The highest BCUT2D eigenvalue weighted by molar-refractivity contribution is 7.92. The van der Waals surface area contributed by atoms with E-state index < -0.39 is 10.0 Å². The number of ether oxygens (including phenoxy) is 1. The average Bonchev–Trinajstić information content (AvgIpc) is 2.73. The highest BCUT2D eigenvalue weighted by Gasteiger charge is 2.26. The molecule has 1 saturated heterocycles. The average molecular weight is 399 g/mol. The molecule has 0 aromatic heterocycles. The van der Waals surface area contributed by atoms with Crippen LogP contribution in [0.5, 0.6) is 5.75 Å². The van der Waals surface area contributed by atoms with E-state index in [9.17, 15) is 12.8 Å². The normalized spacial score (nSPS) is 15.9. The van der Waals surface area contributed by atoms with Crippen molar-refractivity contribution in [3.8, 4) is 17.6 Å². The third kappa shape index (κ3) is 5.22. The van der Waals surface area contributed by atoms with Crippen LogP contribution < -0.4 is 4.74 Å². The van der Waals surface area contributed by atoms with E-state index in [4.69, 9.17) is 4.74 Å². The third-order valence-electron chi connectivity index (χ3n) is 4.79. The van der Waals surface area contributed by atoms with Gasteiger partial charge in [-0.15, -0.1) is 0 Å². The summed E-state index contributed by atoms with van der Waals surface area (Å²) in [7, 11) is -1.86. The molecule has 0 aliphatic carbocycles. The fourth-order valence-electron chi connectivity index (χ4n) is 3.18. The van der Waals surface area contributed by atoms with Gasteiger partial charge in [0, 0.05) is 24.7 Å². The number of hydrogen-bond donors (Lipinski definition) is 0. The molecule has 2 aromatic rings. The Morgan fingerprint density at radius 2 is 1.71 bits per heavy atom. The Morgan fingerprint density at radius 3 is 2.32 bits per heavy atom. The number of nitrogens with zero attached hydrogens (tertiary/aromatic N) is 1. The highest BCUT2D eigenvalue weighted by Crippen LogP contribution is 2.30. The van der Waals surface area contributed by atoms with Gasteiger partial charge in [0.2, 0.25) is 10.0 Å². The molecular formula is C22H22FNO3S. The van der Waals surface area contributed by atoms with Crippen LogP contribution in [0.15, 0.2) is 60.0 Å². The van der Waals surface area contributed by atoms with Crippen molar-refractivity contribution in [3.05, 3.63) is 77.0 Å². The first kappa shape index (κ1) is 20.1. The van der Waals surface area contributed by atoms with E-state index in [0.29, 0.717) is 24.6 Å². The molecule has 0 N–H and O–H groups in total. The smallest absolute Gasteiger partial charge is 0.236 e. The fraction of sp³-hybridized carbons (Fsp3) is 0.273. The van der Waals surface area contributed by atoms with Crippen LogP contribution in [0.2, 0.25) is 0 Å². The molecule has 0 amide bonds. The molecule has 0 unspecified atom stereocenters. The molecule has 1 aliphatic heterocycles. The zero-order chi connectivity index (χ0) is 20.0. The van der Waals surface area contributed by atoms with Crippen LogP contribution in [0, 0.1) is 17.7 Å². The number of hydrogen-bond acceptors (Lipinski definition) is 3. The van der Waals surface area contributed by atoms with Crippen molar-refractivity contribution >= 4 is 10.0 Å². The highest BCUT2D eigenvalue weighted by atomic mass is 32.2. The standard InChI is InChI=1S/C22H22FNO3S/c1-27-22-11-7-19(8-12-22)20-13-15-24(16-14-20)28(25,26)17-3-2-4-18-5-9-21(23)10-6-18/h3,5-12,17,20H,13-16H2,1H3/b17-3+. The lowest BCUT2D eigenvalue weighted by Gasteiger charge is -2.30. The van der Waals surface area contributed by atoms with E-state index in [1.165, 1.54) is 28.1 Å². The van der Waals surface area contributed by atoms with Crippen molar-refractivity contribution in [2.24, 2.45) is 0 Å². The van der Waals surface area contributed by atoms with Gasteiger partial charge < -0.3 is 4.74 Å². The molecule has 6 heteroatoms. The van der Waals surface area contributed by atoms with Crippen molar-refractivity contribution in [1.29, 1.82) is 0 Å². The third-order valence-corrected chi connectivity index (χ3v) is 6.35. The Hall–Kier alpha value is -2.62. The molecule has 146 valence electrons. The van der Waals surface area contributed by atoms with Gasteiger partial charge >= 0.3 is 0 Å². The Labute approximate surface area is 165 Å². The molecular weight excluding hydrogens is 377 g/mol. The quantitative estimate of drug-likeness (QED) is 0.733. The van der Waals surface area contributed by atoms with Crippen molar-refractivity contribution < 1.29 is 17.5 Å². The van der Waals surface area contributed by atoms with Gasteiger partial charge in [-0.2, -0.15) is 4.31 Å². The zero-order valence-electron chi connectivity index (χ0n) is 15.6. The number of piperidine rings is 1. The Morgan fingerprint density at radius 1 is 1.07 bits per heavy atom. The van der Waals surface area contributed by atoms with Gasteiger partial charge in [-0.1, -0.05) is 24.0 Å². The summed E-state index contributed by atoms with van der Waals surface area (Å²) in [5.74, 6) is 6.31. The molecule has 1 aliphatic rings. The van der Waals surface area contributed by atoms with Crippen molar-refractivity contribution in [2.45, 2.75) is 18.8 Å². The van der Waals surface area contributed by atoms with Crippen LogP contribution >= 0.6 is 0 Å². The van der Waals surface area contributed by atoms with Crippen molar-refractivity contribution in [1.82, 2.24) is 4.31 Å². The maximum atomic E-state index is 12.9. The number of rotatable bonds is 4. The van der Waals surface area contributed by atoms with E-state index in [2.05, 4.69) is 11.8 Å². The van der Waals surface area contributed by atoms with Gasteiger partial charge in [0.25, 0.3) is 0 Å². The first-order chi connectivity index (χ1) is 13.5. The largest absolute Gasteiger partial charge is 0.497 e. The van der Waals surface area contributed by atoms with E-state index in [-0.39, 0.29) is 5.82 Å². The number of sulfonamides is 1. The Balaban J connectivity index is 1.57. The number of benzene rings is 2. The second-order valence-electron chi connectivity index (χ2n) is 6.57. The summed E-state index contributed by atoms with van der Waals surface area (Å²) in [5.41, 5.74) is 1.84. The minimum absolute atomic E-state index is 0.332. The number of methoxy groups -OCH3 is 1. The molecule has 28 heavy (non-hydrogen) atoms. The SMILES string of the molecule is COc1ccc(C2CCN(S(=O)(=O)/C=C/C#Cc3ccc(F)cc3)CC2)cc1. The van der Waals surface area contributed by atoms with Crippen LogP contribution in [-0.2, 0) is 10.0 Å². The second-order valence-corrected chi connectivity index (χ2v) is 8.39. The summed E-state index contributed by atoms with van der Waals surface area (Å²) in [4.78, 5) is 0. The van der Waals surface area contributed by atoms with Crippen LogP contribution in [0.3, 0.4) is 0 Å². The summed E-state index contributed by atoms with van der Waals surface area (Å²) < 4.78 is 44.5. The summed E-state index contributed by atoms with van der Waals surface area (Å²) >= 11 is 0. The van der Waals surface area contributed by atoms with E-state index in [0.717, 1.165) is 24.0 Å². The zero-order valence-corrected chi connectivity index (χ0v) is 16.5. The molecule has 3 rings (SSSR count). The predicted molar refractivity (Wildman–Crippen MR) is 108 cm³/mol. The van der Waals surface area contributed by atoms with Crippen LogP contribution in [0.25, 0.3) is 0 Å². The lowest BCUT2D eigenvalue weighted by atomic mass is 9.90. The summed E-state index contributed by atoms with van der Waals surface area (Å²) in [5, 5.41) is 1.14.